The summed E-state index contributed by atoms with van der Waals surface area (Å²) in [4.78, 5) is 0. The smallest absolute Gasteiger partial charge is 0.0178 e. The quantitative estimate of drug-likeness (QED) is 0.186. The highest BCUT2D eigenvalue weighted by molar-refractivity contribution is 5.89. The molecule has 7 aromatic rings. The number of benzene rings is 7. The Bertz CT molecular complexity index is 1880. The van der Waals surface area contributed by atoms with Crippen LogP contribution in [0.5, 0.6) is 0 Å². The fraction of sp³-hybridized carbons (Fsp3) is 0. The highest BCUT2D eigenvalue weighted by Crippen LogP contribution is 2.23. The Morgan fingerprint density at radius 1 is 0.214 bits per heavy atom. The van der Waals surface area contributed by atoms with Crippen molar-refractivity contribution in [3.63, 3.8) is 0 Å². The van der Waals surface area contributed by atoms with Crippen LogP contribution in [0.4, 0.5) is 0 Å². The van der Waals surface area contributed by atoms with E-state index in [2.05, 4.69) is 182 Å². The highest BCUT2D eigenvalue weighted by Gasteiger charge is 2.00. The van der Waals surface area contributed by atoms with Gasteiger partial charge >= 0.3 is 0 Å². The largest absolute Gasteiger partial charge is 0.0616 e. The van der Waals surface area contributed by atoms with Crippen molar-refractivity contribution in [2.45, 2.75) is 0 Å². The molecule has 0 aromatic heterocycles. The van der Waals surface area contributed by atoms with Gasteiger partial charge in [0.05, 0.1) is 0 Å². The summed E-state index contributed by atoms with van der Waals surface area (Å²) in [6.07, 6.45) is 13.3. The van der Waals surface area contributed by atoms with Crippen molar-refractivity contribution in [2.75, 3.05) is 0 Å². The molecule has 0 heterocycles. The third kappa shape index (κ3) is 5.84. The number of fused-ring (bicyclic) bond motifs is 3. The van der Waals surface area contributed by atoms with Crippen LogP contribution in [0.1, 0.15) is 33.4 Å². The van der Waals surface area contributed by atoms with Crippen LogP contribution in [0, 0.1) is 0 Å². The lowest BCUT2D eigenvalue weighted by atomic mass is 10.0. The maximum absolute atomic E-state index is 2.25. The molecule has 0 atom stereocenters. The molecule has 0 heteroatoms. The summed E-state index contributed by atoms with van der Waals surface area (Å²) < 4.78 is 0. The van der Waals surface area contributed by atoms with Gasteiger partial charge in [-0.1, -0.05) is 146 Å². The van der Waals surface area contributed by atoms with E-state index in [1.165, 1.54) is 65.7 Å². The van der Waals surface area contributed by atoms with Crippen molar-refractivity contribution >= 4 is 68.8 Å². The van der Waals surface area contributed by atoms with Gasteiger partial charge in [0.15, 0.2) is 0 Å². The van der Waals surface area contributed by atoms with E-state index in [9.17, 15) is 0 Å². The van der Waals surface area contributed by atoms with Crippen molar-refractivity contribution in [1.82, 2.24) is 0 Å². The molecule has 0 radical (unpaired) electrons. The second kappa shape index (κ2) is 11.6. The predicted molar refractivity (Wildman–Crippen MR) is 185 cm³/mol. The van der Waals surface area contributed by atoms with Crippen molar-refractivity contribution in [3.05, 3.63) is 179 Å². The molecule has 42 heavy (non-hydrogen) atoms. The minimum Gasteiger partial charge on any atom is -0.0616 e. The highest BCUT2D eigenvalue weighted by atomic mass is 14.0. The van der Waals surface area contributed by atoms with E-state index in [-0.39, 0.29) is 0 Å². The van der Waals surface area contributed by atoms with Gasteiger partial charge in [0.25, 0.3) is 0 Å². The van der Waals surface area contributed by atoms with Gasteiger partial charge in [-0.2, -0.15) is 0 Å². The first-order valence-electron chi connectivity index (χ1n) is 14.4. The first-order chi connectivity index (χ1) is 20.7. The Hall–Kier alpha value is -5.46. The summed E-state index contributed by atoms with van der Waals surface area (Å²) in [5.74, 6) is 0. The van der Waals surface area contributed by atoms with Gasteiger partial charge < -0.3 is 0 Å². The van der Waals surface area contributed by atoms with E-state index >= 15 is 0 Å². The molecule has 0 bridgehead atoms. The summed E-state index contributed by atoms with van der Waals surface area (Å²) in [7, 11) is 0. The monoisotopic (exact) mass is 534 g/mol. The molecule has 0 fully saturated rings. The predicted octanol–water partition coefficient (Wildman–Crippen LogP) is 11.7. The standard InChI is InChI=1S/C42H30/c1-4-10-40-28-31(19-22-37(40)7-1)13-16-34-25-35(17-14-32-20-23-38-8-2-5-11-41(38)29-32)27-36(26-34)18-15-33-21-24-39-9-3-6-12-42(39)30-33/h1-30H/b16-13+,17-14+,18-15+. The lowest BCUT2D eigenvalue weighted by Gasteiger charge is -2.04. The Morgan fingerprint density at radius 3 is 0.786 bits per heavy atom. The van der Waals surface area contributed by atoms with Gasteiger partial charge in [-0.15, -0.1) is 0 Å². The average molecular weight is 535 g/mol. The van der Waals surface area contributed by atoms with Crippen LogP contribution in [-0.4, -0.2) is 0 Å². The lowest BCUT2D eigenvalue weighted by molar-refractivity contribution is 1.58. The van der Waals surface area contributed by atoms with Gasteiger partial charge in [0.1, 0.15) is 0 Å². The molecular weight excluding hydrogens is 504 g/mol. The maximum Gasteiger partial charge on any atom is -0.0178 e. The van der Waals surface area contributed by atoms with E-state index in [1.807, 2.05) is 0 Å². The molecule has 0 nitrogen and oxygen atoms in total. The zero-order valence-corrected chi connectivity index (χ0v) is 23.3. The van der Waals surface area contributed by atoms with Crippen LogP contribution in [0.2, 0.25) is 0 Å². The van der Waals surface area contributed by atoms with Crippen LogP contribution < -0.4 is 0 Å². The Morgan fingerprint density at radius 2 is 0.476 bits per heavy atom. The van der Waals surface area contributed by atoms with Gasteiger partial charge in [-0.05, 0) is 102 Å². The number of hydrogen-bond acceptors (Lipinski definition) is 0. The third-order valence-corrected chi connectivity index (χ3v) is 7.73. The molecule has 7 rings (SSSR count). The second-order valence-electron chi connectivity index (χ2n) is 10.8. The third-order valence-electron chi connectivity index (χ3n) is 7.73. The first-order valence-corrected chi connectivity index (χ1v) is 14.4. The van der Waals surface area contributed by atoms with Crippen molar-refractivity contribution < 1.29 is 0 Å². The number of rotatable bonds is 6. The van der Waals surface area contributed by atoms with Crippen LogP contribution in [0.15, 0.2) is 146 Å². The van der Waals surface area contributed by atoms with Crippen molar-refractivity contribution in [2.24, 2.45) is 0 Å². The lowest BCUT2D eigenvalue weighted by Crippen LogP contribution is -1.83. The van der Waals surface area contributed by atoms with Crippen LogP contribution in [-0.2, 0) is 0 Å². The molecule has 0 N–H and O–H groups in total. The molecule has 0 saturated carbocycles. The summed E-state index contributed by atoms with van der Waals surface area (Å²) in [6, 6.07) is 52.1. The molecular formula is C42H30. The minimum absolute atomic E-state index is 1.17. The molecule has 0 aliphatic heterocycles. The SMILES string of the molecule is C(=C\c1ccc2ccccc2c1)/c1cc(/C=C/c2ccc3ccccc3c2)cc(/C=C/c2ccc3ccccc3c2)c1. The molecule has 7 aromatic carbocycles. The molecule has 0 saturated heterocycles. The van der Waals surface area contributed by atoms with Gasteiger partial charge in [-0.25, -0.2) is 0 Å². The Labute approximate surface area is 247 Å². The van der Waals surface area contributed by atoms with E-state index in [1.54, 1.807) is 0 Å². The normalized spacial score (nSPS) is 12.0. The van der Waals surface area contributed by atoms with Gasteiger partial charge in [0.2, 0.25) is 0 Å². The average Bonchev–Trinajstić information content (AvgIpc) is 3.05. The fourth-order valence-corrected chi connectivity index (χ4v) is 5.50. The molecule has 0 aliphatic carbocycles. The minimum atomic E-state index is 1.17. The Kier molecular flexibility index (Phi) is 7.02. The van der Waals surface area contributed by atoms with E-state index in [4.69, 9.17) is 0 Å². The first kappa shape index (κ1) is 25.5. The fourth-order valence-electron chi connectivity index (χ4n) is 5.50. The molecule has 0 amide bonds. The van der Waals surface area contributed by atoms with Crippen LogP contribution in [0.3, 0.4) is 0 Å². The molecule has 0 unspecified atom stereocenters. The van der Waals surface area contributed by atoms with Crippen molar-refractivity contribution in [3.8, 4) is 0 Å². The Balaban J connectivity index is 1.22. The second-order valence-corrected chi connectivity index (χ2v) is 10.8. The molecule has 0 aliphatic rings. The summed E-state index contributed by atoms with van der Waals surface area (Å²) in [5, 5.41) is 7.55. The van der Waals surface area contributed by atoms with Gasteiger partial charge in [0, 0.05) is 0 Å². The maximum atomic E-state index is 2.25. The van der Waals surface area contributed by atoms with Crippen LogP contribution in [0.25, 0.3) is 68.8 Å². The van der Waals surface area contributed by atoms with Crippen LogP contribution >= 0.6 is 0 Å². The van der Waals surface area contributed by atoms with E-state index in [0.29, 0.717) is 0 Å². The zero-order valence-electron chi connectivity index (χ0n) is 23.3. The van der Waals surface area contributed by atoms with Gasteiger partial charge in [-0.3, -0.25) is 0 Å². The number of hydrogen-bond donors (Lipinski definition) is 0. The summed E-state index contributed by atoms with van der Waals surface area (Å²) in [5.41, 5.74) is 7.09. The van der Waals surface area contributed by atoms with E-state index < -0.39 is 0 Å². The summed E-state index contributed by atoms with van der Waals surface area (Å²) in [6.45, 7) is 0. The summed E-state index contributed by atoms with van der Waals surface area (Å²) >= 11 is 0. The van der Waals surface area contributed by atoms with E-state index in [0.717, 1.165) is 0 Å². The van der Waals surface area contributed by atoms with Crippen molar-refractivity contribution in [1.29, 1.82) is 0 Å². The molecule has 0 spiro atoms. The zero-order chi connectivity index (χ0) is 28.1. The molecule has 198 valence electrons. The topological polar surface area (TPSA) is 0 Å².